The first kappa shape index (κ1) is 13.6. The molecule has 17 heavy (non-hydrogen) atoms. The molecule has 0 aliphatic rings. The van der Waals surface area contributed by atoms with Crippen LogP contribution in [0, 0.1) is 11.3 Å². The predicted octanol–water partition coefficient (Wildman–Crippen LogP) is 1.68. The summed E-state index contributed by atoms with van der Waals surface area (Å²) >= 11 is 5.79. The van der Waals surface area contributed by atoms with Gasteiger partial charge in [-0.25, -0.2) is 4.98 Å². The summed E-state index contributed by atoms with van der Waals surface area (Å²) in [6.45, 7) is 1.75. The van der Waals surface area contributed by atoms with E-state index >= 15 is 0 Å². The number of anilines is 2. The second-order valence-electron chi connectivity index (χ2n) is 3.45. The van der Waals surface area contributed by atoms with E-state index < -0.39 is 0 Å². The van der Waals surface area contributed by atoms with Gasteiger partial charge in [0.05, 0.1) is 29.8 Å². The van der Waals surface area contributed by atoms with Crippen LogP contribution in [0.5, 0.6) is 0 Å². The number of nitrogen functional groups attached to an aromatic ring is 1. The zero-order chi connectivity index (χ0) is 12.7. The summed E-state index contributed by atoms with van der Waals surface area (Å²) in [4.78, 5) is 6.10. The monoisotopic (exact) mass is 254 g/mol. The minimum Gasteiger partial charge on any atom is -0.396 e. The number of halogens is 1. The molecule has 0 saturated heterocycles. The fourth-order valence-electron chi connectivity index (χ4n) is 1.42. The van der Waals surface area contributed by atoms with Gasteiger partial charge < -0.3 is 15.4 Å². The van der Waals surface area contributed by atoms with Gasteiger partial charge in [-0.3, -0.25) is 0 Å². The molecule has 0 spiro atoms. The van der Waals surface area contributed by atoms with Gasteiger partial charge in [0, 0.05) is 26.4 Å². The summed E-state index contributed by atoms with van der Waals surface area (Å²) < 4.78 is 5.02. The van der Waals surface area contributed by atoms with Gasteiger partial charge in [-0.2, -0.15) is 5.26 Å². The molecule has 0 radical (unpaired) electrons. The van der Waals surface area contributed by atoms with Crippen molar-refractivity contribution in [2.75, 3.05) is 37.4 Å². The van der Waals surface area contributed by atoms with E-state index in [0.29, 0.717) is 42.6 Å². The van der Waals surface area contributed by atoms with Crippen molar-refractivity contribution in [3.63, 3.8) is 0 Å². The number of nitriles is 1. The third-order valence-corrected chi connectivity index (χ3v) is 2.43. The molecular weight excluding hydrogens is 240 g/mol. The highest BCUT2D eigenvalue weighted by molar-refractivity contribution is 6.30. The zero-order valence-electron chi connectivity index (χ0n) is 9.69. The van der Waals surface area contributed by atoms with Crippen molar-refractivity contribution in [2.24, 2.45) is 0 Å². The number of ether oxygens (including phenoxy) is 1. The van der Waals surface area contributed by atoms with E-state index in [9.17, 15) is 0 Å². The lowest BCUT2D eigenvalue weighted by atomic mass is 10.3. The average Bonchev–Trinajstić information content (AvgIpc) is 2.30. The van der Waals surface area contributed by atoms with Gasteiger partial charge in [-0.05, 0) is 6.07 Å². The highest BCUT2D eigenvalue weighted by atomic mass is 35.5. The summed E-state index contributed by atoms with van der Waals surface area (Å²) in [6, 6.07) is 3.75. The number of aromatic nitrogens is 1. The van der Waals surface area contributed by atoms with Crippen LogP contribution in [-0.2, 0) is 4.74 Å². The van der Waals surface area contributed by atoms with Crippen molar-refractivity contribution < 1.29 is 4.74 Å². The van der Waals surface area contributed by atoms with E-state index in [2.05, 4.69) is 11.1 Å². The number of hydrogen-bond donors (Lipinski definition) is 1. The van der Waals surface area contributed by atoms with Gasteiger partial charge in [0.15, 0.2) is 5.82 Å². The Morgan fingerprint density at radius 2 is 2.35 bits per heavy atom. The molecule has 0 aliphatic heterocycles. The first-order valence-corrected chi connectivity index (χ1v) is 5.58. The smallest absolute Gasteiger partial charge is 0.151 e. The molecule has 0 amide bonds. The number of methoxy groups -OCH3 is 1. The van der Waals surface area contributed by atoms with Crippen LogP contribution in [-0.4, -0.2) is 31.8 Å². The van der Waals surface area contributed by atoms with E-state index in [0.717, 1.165) is 0 Å². The minimum absolute atomic E-state index is 0.410. The van der Waals surface area contributed by atoms with Crippen LogP contribution in [0.15, 0.2) is 12.3 Å². The van der Waals surface area contributed by atoms with Gasteiger partial charge in [-0.1, -0.05) is 11.6 Å². The first-order chi connectivity index (χ1) is 8.19. The molecule has 1 heterocycles. The summed E-state index contributed by atoms with van der Waals surface area (Å²) in [7, 11) is 1.63. The second-order valence-corrected chi connectivity index (χ2v) is 3.89. The standard InChI is InChI=1S/C11H15ClN4O/c1-17-6-5-16(4-2-3-13)11-10(14)7-9(12)8-15-11/h7-8H,2,4-6,14H2,1H3. The molecule has 92 valence electrons. The largest absolute Gasteiger partial charge is 0.396 e. The van der Waals surface area contributed by atoms with Crippen LogP contribution >= 0.6 is 11.6 Å². The van der Waals surface area contributed by atoms with E-state index in [1.54, 1.807) is 19.4 Å². The van der Waals surface area contributed by atoms with Crippen molar-refractivity contribution in [1.29, 1.82) is 5.26 Å². The average molecular weight is 255 g/mol. The number of rotatable bonds is 6. The molecule has 6 heteroatoms. The summed E-state index contributed by atoms with van der Waals surface area (Å²) in [6.07, 6.45) is 1.95. The Hall–Kier alpha value is -1.51. The van der Waals surface area contributed by atoms with E-state index in [1.807, 2.05) is 4.90 Å². The maximum Gasteiger partial charge on any atom is 0.151 e. The third kappa shape index (κ3) is 4.10. The highest BCUT2D eigenvalue weighted by Gasteiger charge is 2.11. The van der Waals surface area contributed by atoms with Crippen molar-refractivity contribution in [3.05, 3.63) is 17.3 Å². The van der Waals surface area contributed by atoms with Gasteiger partial charge >= 0.3 is 0 Å². The molecule has 0 unspecified atom stereocenters. The van der Waals surface area contributed by atoms with Crippen molar-refractivity contribution in [2.45, 2.75) is 6.42 Å². The van der Waals surface area contributed by atoms with Gasteiger partial charge in [0.1, 0.15) is 0 Å². The minimum atomic E-state index is 0.410. The van der Waals surface area contributed by atoms with Crippen LogP contribution in [0.25, 0.3) is 0 Å². The highest BCUT2D eigenvalue weighted by Crippen LogP contribution is 2.23. The number of hydrogen-bond acceptors (Lipinski definition) is 5. The van der Waals surface area contributed by atoms with Crippen LogP contribution in [0.2, 0.25) is 5.02 Å². The molecule has 0 bridgehead atoms. The topological polar surface area (TPSA) is 75.2 Å². The van der Waals surface area contributed by atoms with Crippen molar-refractivity contribution in [3.8, 4) is 6.07 Å². The van der Waals surface area contributed by atoms with Crippen LogP contribution in [0.4, 0.5) is 11.5 Å². The Labute approximate surface area is 106 Å². The molecule has 1 rings (SSSR count). The molecule has 1 aromatic heterocycles. The lowest BCUT2D eigenvalue weighted by molar-refractivity contribution is 0.205. The van der Waals surface area contributed by atoms with Crippen LogP contribution in [0.1, 0.15) is 6.42 Å². The summed E-state index contributed by atoms with van der Waals surface area (Å²) in [5.74, 6) is 0.640. The Bertz CT molecular complexity index is 405. The number of nitrogens with two attached hydrogens (primary N) is 1. The van der Waals surface area contributed by atoms with Crippen molar-refractivity contribution >= 4 is 23.1 Å². The molecule has 1 aromatic rings. The fourth-order valence-corrected chi connectivity index (χ4v) is 1.59. The van der Waals surface area contributed by atoms with Crippen molar-refractivity contribution in [1.82, 2.24) is 4.98 Å². The normalized spacial score (nSPS) is 9.94. The Morgan fingerprint density at radius 3 is 2.94 bits per heavy atom. The molecule has 0 atom stereocenters. The number of nitrogens with zero attached hydrogens (tertiary/aromatic N) is 3. The van der Waals surface area contributed by atoms with E-state index in [-0.39, 0.29) is 0 Å². The summed E-state index contributed by atoms with van der Waals surface area (Å²) in [5, 5.41) is 9.12. The van der Waals surface area contributed by atoms with Crippen LogP contribution in [0.3, 0.4) is 0 Å². The molecule has 0 aromatic carbocycles. The molecule has 0 aliphatic carbocycles. The lowest BCUT2D eigenvalue weighted by Crippen LogP contribution is -2.29. The number of pyridine rings is 1. The molecule has 0 fully saturated rings. The van der Waals surface area contributed by atoms with Gasteiger partial charge in [0.2, 0.25) is 0 Å². The molecule has 5 nitrogen and oxygen atoms in total. The maximum atomic E-state index is 8.62. The van der Waals surface area contributed by atoms with Gasteiger partial charge in [-0.15, -0.1) is 0 Å². The Kier molecular flexibility index (Phi) is 5.53. The second kappa shape index (κ2) is 6.94. The van der Waals surface area contributed by atoms with E-state index in [1.165, 1.54) is 0 Å². The Balaban J connectivity index is 2.83. The Morgan fingerprint density at radius 1 is 1.59 bits per heavy atom. The third-order valence-electron chi connectivity index (χ3n) is 2.22. The zero-order valence-corrected chi connectivity index (χ0v) is 10.4. The SMILES string of the molecule is COCCN(CCC#N)c1ncc(Cl)cc1N. The molecule has 0 saturated carbocycles. The maximum absolute atomic E-state index is 8.62. The molecular formula is C11H15ClN4O. The predicted molar refractivity (Wildman–Crippen MR) is 68.0 cm³/mol. The van der Waals surface area contributed by atoms with E-state index in [4.69, 9.17) is 27.3 Å². The first-order valence-electron chi connectivity index (χ1n) is 5.21. The van der Waals surface area contributed by atoms with Crippen LogP contribution < -0.4 is 10.6 Å². The lowest BCUT2D eigenvalue weighted by Gasteiger charge is -2.23. The van der Waals surface area contributed by atoms with Gasteiger partial charge in [0.25, 0.3) is 0 Å². The molecule has 2 N–H and O–H groups in total. The quantitative estimate of drug-likeness (QED) is 0.836. The summed E-state index contributed by atoms with van der Waals surface area (Å²) in [5.41, 5.74) is 6.36. The fraction of sp³-hybridized carbons (Fsp3) is 0.455.